The molecule has 0 radical (unpaired) electrons. The van der Waals surface area contributed by atoms with Gasteiger partial charge in [0, 0.05) is 61.3 Å². The van der Waals surface area contributed by atoms with Crippen LogP contribution >= 0.6 is 0 Å². The summed E-state index contributed by atoms with van der Waals surface area (Å²) in [6.45, 7) is 2.01. The predicted molar refractivity (Wildman–Crippen MR) is 96.0 cm³/mol. The zero-order valence-electron chi connectivity index (χ0n) is 14.5. The fourth-order valence-electron chi connectivity index (χ4n) is 3.25. The first-order valence-corrected chi connectivity index (χ1v) is 8.53. The van der Waals surface area contributed by atoms with Gasteiger partial charge in [-0.05, 0) is 24.3 Å². The average Bonchev–Trinajstić information content (AvgIpc) is 2.69. The minimum atomic E-state index is -0.238. The van der Waals surface area contributed by atoms with E-state index in [-0.39, 0.29) is 5.82 Å². The Morgan fingerprint density at radius 2 is 2.12 bits per heavy atom. The standard InChI is InChI=1S/C20H19FN4O/c1-26-19-6-2-5-17(21)16(19)13-25-9-7-18-15(12-25)11-23-20(24-18)14-4-3-8-22-10-14/h2-6,8,10-11H,7,9,12-13H2,1H3. The van der Waals surface area contributed by atoms with Gasteiger partial charge in [-0.2, -0.15) is 0 Å². The van der Waals surface area contributed by atoms with Crippen LogP contribution in [0.15, 0.2) is 48.9 Å². The summed E-state index contributed by atoms with van der Waals surface area (Å²) in [5.74, 6) is 1.04. The van der Waals surface area contributed by atoms with E-state index in [2.05, 4.69) is 14.9 Å². The van der Waals surface area contributed by atoms with Crippen LogP contribution in [0.3, 0.4) is 0 Å². The molecule has 0 fully saturated rings. The molecular weight excluding hydrogens is 331 g/mol. The summed E-state index contributed by atoms with van der Waals surface area (Å²) in [5, 5.41) is 0. The molecular formula is C20H19FN4O. The number of pyridine rings is 1. The third kappa shape index (κ3) is 3.28. The highest BCUT2D eigenvalue weighted by atomic mass is 19.1. The Balaban J connectivity index is 1.54. The fourth-order valence-corrected chi connectivity index (χ4v) is 3.25. The highest BCUT2D eigenvalue weighted by Crippen LogP contribution is 2.26. The Kier molecular flexibility index (Phi) is 4.58. The van der Waals surface area contributed by atoms with E-state index in [1.54, 1.807) is 31.6 Å². The predicted octanol–water partition coefficient (Wildman–Crippen LogP) is 3.24. The number of hydrogen-bond acceptors (Lipinski definition) is 5. The molecule has 4 rings (SSSR count). The molecule has 132 valence electrons. The zero-order chi connectivity index (χ0) is 17.9. The number of ether oxygens (including phenoxy) is 1. The first kappa shape index (κ1) is 16.6. The number of rotatable bonds is 4. The number of aromatic nitrogens is 3. The molecule has 3 aromatic rings. The number of nitrogens with zero attached hydrogens (tertiary/aromatic N) is 4. The molecule has 3 heterocycles. The number of fused-ring (bicyclic) bond motifs is 1. The quantitative estimate of drug-likeness (QED) is 0.723. The van der Waals surface area contributed by atoms with E-state index in [0.717, 1.165) is 29.8 Å². The first-order chi connectivity index (χ1) is 12.7. The van der Waals surface area contributed by atoms with Gasteiger partial charge in [-0.1, -0.05) is 6.07 Å². The van der Waals surface area contributed by atoms with E-state index in [9.17, 15) is 4.39 Å². The van der Waals surface area contributed by atoms with Crippen LogP contribution in [0.25, 0.3) is 11.4 Å². The van der Waals surface area contributed by atoms with E-state index in [0.29, 0.717) is 30.2 Å². The lowest BCUT2D eigenvalue weighted by Crippen LogP contribution is -2.31. The zero-order valence-corrected chi connectivity index (χ0v) is 14.5. The van der Waals surface area contributed by atoms with Crippen molar-refractivity contribution in [2.24, 2.45) is 0 Å². The van der Waals surface area contributed by atoms with Gasteiger partial charge in [0.25, 0.3) is 0 Å². The van der Waals surface area contributed by atoms with Crippen molar-refractivity contribution in [1.82, 2.24) is 19.9 Å². The van der Waals surface area contributed by atoms with Crippen LogP contribution in [-0.2, 0) is 19.5 Å². The van der Waals surface area contributed by atoms with Crippen LogP contribution in [0, 0.1) is 5.82 Å². The van der Waals surface area contributed by atoms with Gasteiger partial charge < -0.3 is 4.74 Å². The molecule has 6 heteroatoms. The van der Waals surface area contributed by atoms with Gasteiger partial charge in [-0.15, -0.1) is 0 Å². The number of methoxy groups -OCH3 is 1. The highest BCUT2D eigenvalue weighted by molar-refractivity contribution is 5.53. The molecule has 26 heavy (non-hydrogen) atoms. The van der Waals surface area contributed by atoms with Crippen LogP contribution in [0.2, 0.25) is 0 Å². The molecule has 0 saturated carbocycles. The molecule has 1 aromatic carbocycles. The maximum absolute atomic E-state index is 14.2. The molecule has 0 N–H and O–H groups in total. The largest absolute Gasteiger partial charge is 0.496 e. The van der Waals surface area contributed by atoms with Gasteiger partial charge in [0.1, 0.15) is 11.6 Å². The maximum Gasteiger partial charge on any atom is 0.160 e. The van der Waals surface area contributed by atoms with E-state index in [1.807, 2.05) is 18.3 Å². The normalized spacial score (nSPS) is 14.1. The van der Waals surface area contributed by atoms with Crippen molar-refractivity contribution in [3.63, 3.8) is 0 Å². The summed E-state index contributed by atoms with van der Waals surface area (Å²) >= 11 is 0. The second kappa shape index (κ2) is 7.17. The Morgan fingerprint density at radius 1 is 1.19 bits per heavy atom. The van der Waals surface area contributed by atoms with E-state index in [1.165, 1.54) is 6.07 Å². The third-order valence-electron chi connectivity index (χ3n) is 4.61. The topological polar surface area (TPSA) is 51.1 Å². The molecule has 0 spiro atoms. The molecule has 5 nitrogen and oxygen atoms in total. The summed E-state index contributed by atoms with van der Waals surface area (Å²) in [6, 6.07) is 8.76. The lowest BCUT2D eigenvalue weighted by Gasteiger charge is -2.28. The van der Waals surface area contributed by atoms with E-state index < -0.39 is 0 Å². The summed E-state index contributed by atoms with van der Waals surface area (Å²) in [4.78, 5) is 15.5. The summed E-state index contributed by atoms with van der Waals surface area (Å²) in [5.41, 5.74) is 3.63. The van der Waals surface area contributed by atoms with Gasteiger partial charge in [0.15, 0.2) is 5.82 Å². The average molecular weight is 350 g/mol. The second-order valence-corrected chi connectivity index (χ2v) is 6.29. The Labute approximate surface area is 151 Å². The van der Waals surface area contributed by atoms with Gasteiger partial charge in [0.05, 0.1) is 12.8 Å². The summed E-state index contributed by atoms with van der Waals surface area (Å²) in [7, 11) is 1.57. The monoisotopic (exact) mass is 350 g/mol. The molecule has 0 atom stereocenters. The van der Waals surface area contributed by atoms with Crippen molar-refractivity contribution in [1.29, 1.82) is 0 Å². The first-order valence-electron chi connectivity index (χ1n) is 8.53. The molecule has 0 aliphatic carbocycles. The van der Waals surface area contributed by atoms with Gasteiger partial charge in [-0.25, -0.2) is 14.4 Å². The van der Waals surface area contributed by atoms with Crippen LogP contribution in [0.4, 0.5) is 4.39 Å². The van der Waals surface area contributed by atoms with E-state index in [4.69, 9.17) is 9.72 Å². The Bertz CT molecular complexity index is 917. The van der Waals surface area contributed by atoms with Gasteiger partial charge in [0.2, 0.25) is 0 Å². The lowest BCUT2D eigenvalue weighted by atomic mass is 10.1. The smallest absolute Gasteiger partial charge is 0.160 e. The fraction of sp³-hybridized carbons (Fsp3) is 0.250. The third-order valence-corrected chi connectivity index (χ3v) is 4.61. The number of halogens is 1. The molecule has 2 aromatic heterocycles. The Morgan fingerprint density at radius 3 is 2.92 bits per heavy atom. The van der Waals surface area contributed by atoms with Gasteiger partial charge in [-0.3, -0.25) is 9.88 Å². The molecule has 0 bridgehead atoms. The lowest BCUT2D eigenvalue weighted by molar-refractivity contribution is 0.235. The molecule has 0 unspecified atom stereocenters. The second-order valence-electron chi connectivity index (χ2n) is 6.29. The van der Waals surface area contributed by atoms with Crippen molar-refractivity contribution in [3.8, 4) is 17.1 Å². The minimum Gasteiger partial charge on any atom is -0.496 e. The van der Waals surface area contributed by atoms with Crippen LogP contribution < -0.4 is 4.74 Å². The maximum atomic E-state index is 14.2. The van der Waals surface area contributed by atoms with Crippen molar-refractivity contribution in [2.45, 2.75) is 19.5 Å². The van der Waals surface area contributed by atoms with Crippen molar-refractivity contribution >= 4 is 0 Å². The molecule has 0 saturated heterocycles. The number of hydrogen-bond donors (Lipinski definition) is 0. The highest BCUT2D eigenvalue weighted by Gasteiger charge is 2.21. The van der Waals surface area contributed by atoms with Crippen molar-refractivity contribution in [2.75, 3.05) is 13.7 Å². The van der Waals surface area contributed by atoms with Crippen molar-refractivity contribution in [3.05, 3.63) is 71.6 Å². The SMILES string of the molecule is COc1cccc(F)c1CN1CCc2nc(-c3cccnc3)ncc2C1. The molecule has 1 aliphatic rings. The molecule has 1 aliphatic heterocycles. The van der Waals surface area contributed by atoms with Crippen LogP contribution in [-0.4, -0.2) is 33.5 Å². The van der Waals surface area contributed by atoms with Gasteiger partial charge >= 0.3 is 0 Å². The summed E-state index contributed by atoms with van der Waals surface area (Å²) < 4.78 is 19.5. The molecule has 0 amide bonds. The van der Waals surface area contributed by atoms with Crippen LogP contribution in [0.5, 0.6) is 5.75 Å². The minimum absolute atomic E-state index is 0.238. The van der Waals surface area contributed by atoms with Crippen molar-refractivity contribution < 1.29 is 9.13 Å². The Hall–Kier alpha value is -2.86. The van der Waals surface area contributed by atoms with E-state index >= 15 is 0 Å². The summed E-state index contributed by atoms with van der Waals surface area (Å²) in [6.07, 6.45) is 6.18. The van der Waals surface area contributed by atoms with Crippen LogP contribution in [0.1, 0.15) is 16.8 Å². The number of benzene rings is 1.